The lowest BCUT2D eigenvalue weighted by atomic mass is 10.3. The van der Waals surface area contributed by atoms with Gasteiger partial charge in [-0.15, -0.1) is 22.7 Å². The summed E-state index contributed by atoms with van der Waals surface area (Å²) in [7, 11) is -2.78. The van der Waals surface area contributed by atoms with Gasteiger partial charge in [-0.2, -0.15) is 0 Å². The highest BCUT2D eigenvalue weighted by atomic mass is 32.2. The molecule has 0 bridgehead atoms. The van der Waals surface area contributed by atoms with E-state index in [9.17, 15) is 18.0 Å². The van der Waals surface area contributed by atoms with Crippen LogP contribution in [-0.2, 0) is 14.8 Å². The number of carboxylic acids is 1. The molecule has 0 atom stereocenters. The highest BCUT2D eigenvalue weighted by molar-refractivity contribution is 7.94. The molecule has 2 heterocycles. The van der Waals surface area contributed by atoms with E-state index in [-0.39, 0.29) is 20.3 Å². The van der Waals surface area contributed by atoms with Crippen LogP contribution in [0.5, 0.6) is 0 Å². The van der Waals surface area contributed by atoms with Gasteiger partial charge in [0, 0.05) is 10.8 Å². The molecule has 0 saturated heterocycles. The van der Waals surface area contributed by atoms with Gasteiger partial charge in [-0.05, 0) is 18.6 Å². The normalized spacial score (nSPS) is 11.2. The molecule has 2 aromatic heterocycles. The number of aromatic carboxylic acids is 1. The number of methoxy groups -OCH3 is 1. The molecular weight excluding hydrogens is 350 g/mol. The summed E-state index contributed by atoms with van der Waals surface area (Å²) in [6, 6.07) is 1.28. The molecule has 118 valence electrons. The first-order chi connectivity index (χ1) is 10.3. The molecule has 7 nitrogen and oxygen atoms in total. The molecule has 0 saturated carbocycles. The molecule has 0 radical (unpaired) electrons. The smallest absolute Gasteiger partial charge is 0.346 e. The van der Waals surface area contributed by atoms with Crippen molar-refractivity contribution in [2.24, 2.45) is 0 Å². The Kier molecular flexibility index (Phi) is 4.54. The van der Waals surface area contributed by atoms with Crippen molar-refractivity contribution >= 4 is 50.3 Å². The van der Waals surface area contributed by atoms with E-state index >= 15 is 0 Å². The van der Waals surface area contributed by atoms with Crippen LogP contribution < -0.4 is 4.72 Å². The first-order valence-electron chi connectivity index (χ1n) is 5.77. The Morgan fingerprint density at radius 1 is 1.32 bits per heavy atom. The van der Waals surface area contributed by atoms with Gasteiger partial charge in [-0.3, -0.25) is 4.72 Å². The molecule has 22 heavy (non-hydrogen) atoms. The number of carbonyl (C=O) groups excluding carboxylic acids is 1. The summed E-state index contributed by atoms with van der Waals surface area (Å²) in [5.74, 6) is -1.85. The largest absolute Gasteiger partial charge is 0.477 e. The Morgan fingerprint density at radius 2 is 2.00 bits per heavy atom. The Balaban J connectivity index is 2.37. The van der Waals surface area contributed by atoms with Gasteiger partial charge >= 0.3 is 11.9 Å². The molecule has 10 heteroatoms. The fourth-order valence-corrected chi connectivity index (χ4v) is 4.91. The van der Waals surface area contributed by atoms with Crippen molar-refractivity contribution in [3.05, 3.63) is 32.8 Å². The van der Waals surface area contributed by atoms with Crippen LogP contribution in [-0.4, -0.2) is 32.6 Å². The molecule has 0 aliphatic rings. The number of carboxylic acid groups (broad SMARTS) is 1. The van der Waals surface area contributed by atoms with E-state index in [0.29, 0.717) is 16.9 Å². The van der Waals surface area contributed by atoms with E-state index in [1.165, 1.54) is 30.9 Å². The highest BCUT2D eigenvalue weighted by Crippen LogP contribution is 2.30. The zero-order valence-electron chi connectivity index (χ0n) is 11.4. The summed E-state index contributed by atoms with van der Waals surface area (Å²) in [6.07, 6.45) is 0. The lowest BCUT2D eigenvalue weighted by Gasteiger charge is -2.06. The van der Waals surface area contributed by atoms with Gasteiger partial charge < -0.3 is 9.84 Å². The number of thiophene rings is 2. The summed E-state index contributed by atoms with van der Waals surface area (Å²) in [6.45, 7) is 1.52. The van der Waals surface area contributed by atoms with Crippen LogP contribution in [0.4, 0.5) is 5.69 Å². The maximum absolute atomic E-state index is 12.3. The van der Waals surface area contributed by atoms with E-state index in [2.05, 4.69) is 9.46 Å². The number of hydrogen-bond donors (Lipinski definition) is 2. The predicted molar refractivity (Wildman–Crippen MR) is 82.5 cm³/mol. The van der Waals surface area contributed by atoms with Gasteiger partial charge in [0.25, 0.3) is 10.0 Å². The van der Waals surface area contributed by atoms with E-state index in [4.69, 9.17) is 5.11 Å². The summed E-state index contributed by atoms with van der Waals surface area (Å²) in [5.41, 5.74) is 0.555. The minimum absolute atomic E-state index is 0.0427. The molecule has 0 aliphatic heterocycles. The zero-order chi connectivity index (χ0) is 16.5. The molecule has 2 aromatic rings. The van der Waals surface area contributed by atoms with Crippen molar-refractivity contribution in [3.63, 3.8) is 0 Å². The summed E-state index contributed by atoms with van der Waals surface area (Å²) in [4.78, 5) is 22.5. The Bertz CT molecular complexity index is 833. The van der Waals surface area contributed by atoms with E-state index in [1.54, 1.807) is 0 Å². The Labute approximate surface area is 134 Å². The van der Waals surface area contributed by atoms with Crippen molar-refractivity contribution in [1.82, 2.24) is 0 Å². The highest BCUT2D eigenvalue weighted by Gasteiger charge is 2.24. The van der Waals surface area contributed by atoms with Crippen LogP contribution in [0.15, 0.2) is 21.0 Å². The minimum Gasteiger partial charge on any atom is -0.477 e. The fraction of sp³-hybridized carbons (Fsp3) is 0.167. The second kappa shape index (κ2) is 6.07. The number of nitrogens with one attached hydrogen (secondary N) is 1. The number of aryl methyl sites for hydroxylation is 1. The lowest BCUT2D eigenvalue weighted by Crippen LogP contribution is -2.13. The van der Waals surface area contributed by atoms with Crippen LogP contribution in [0.25, 0.3) is 0 Å². The first kappa shape index (κ1) is 16.5. The summed E-state index contributed by atoms with van der Waals surface area (Å²) in [5, 5.41) is 11.9. The number of rotatable bonds is 5. The first-order valence-corrected chi connectivity index (χ1v) is 9.01. The van der Waals surface area contributed by atoms with Gasteiger partial charge in [0.15, 0.2) is 0 Å². The molecule has 2 rings (SSSR count). The molecule has 2 N–H and O–H groups in total. The summed E-state index contributed by atoms with van der Waals surface area (Å²) >= 11 is 1.79. The van der Waals surface area contributed by atoms with Crippen LogP contribution >= 0.6 is 22.7 Å². The van der Waals surface area contributed by atoms with Gasteiger partial charge in [0.05, 0.1) is 18.4 Å². The average molecular weight is 361 g/mol. The van der Waals surface area contributed by atoms with E-state index in [1.807, 2.05) is 0 Å². The number of carbonyl (C=O) groups is 2. The van der Waals surface area contributed by atoms with Crippen LogP contribution in [0.3, 0.4) is 0 Å². The second-order valence-electron chi connectivity index (χ2n) is 4.18. The van der Waals surface area contributed by atoms with Crippen molar-refractivity contribution in [2.45, 2.75) is 11.1 Å². The number of hydrogen-bond acceptors (Lipinski definition) is 7. The maximum Gasteiger partial charge on any atom is 0.346 e. The molecule has 0 aliphatic carbocycles. The topological polar surface area (TPSA) is 110 Å². The van der Waals surface area contributed by atoms with Crippen LogP contribution in [0.1, 0.15) is 25.6 Å². The predicted octanol–water partition coefficient (Wildman–Crippen LogP) is 2.40. The van der Waals surface area contributed by atoms with Crippen molar-refractivity contribution < 1.29 is 27.9 Å². The summed E-state index contributed by atoms with van der Waals surface area (Å²) < 4.78 is 31.3. The number of esters is 1. The standard InChI is InChI=1S/C12H11NO6S3/c1-6-3-9(21-10(6)11(14)15)22(17,18)13-8-5-20-4-7(8)12(16)19-2/h3-5,13H,1-2H3,(H,14,15). The quantitative estimate of drug-likeness (QED) is 0.792. The van der Waals surface area contributed by atoms with Gasteiger partial charge in [0.2, 0.25) is 0 Å². The van der Waals surface area contributed by atoms with Crippen molar-refractivity contribution in [1.29, 1.82) is 0 Å². The lowest BCUT2D eigenvalue weighted by molar-refractivity contribution is 0.0601. The molecule has 0 spiro atoms. The molecule has 0 unspecified atom stereocenters. The van der Waals surface area contributed by atoms with Crippen molar-refractivity contribution in [2.75, 3.05) is 11.8 Å². The molecule has 0 amide bonds. The SMILES string of the molecule is COC(=O)c1cscc1NS(=O)(=O)c1cc(C)c(C(=O)O)s1. The molecule has 0 aromatic carbocycles. The fourth-order valence-electron chi connectivity index (χ4n) is 1.64. The zero-order valence-corrected chi connectivity index (χ0v) is 13.9. The van der Waals surface area contributed by atoms with E-state index < -0.39 is 22.0 Å². The van der Waals surface area contributed by atoms with Crippen molar-refractivity contribution in [3.8, 4) is 0 Å². The third kappa shape index (κ3) is 3.13. The third-order valence-corrected chi connectivity index (χ3v) is 6.47. The minimum atomic E-state index is -3.98. The van der Waals surface area contributed by atoms with Crippen LogP contribution in [0.2, 0.25) is 0 Å². The third-order valence-electron chi connectivity index (χ3n) is 2.67. The average Bonchev–Trinajstić information content (AvgIpc) is 3.04. The monoisotopic (exact) mass is 361 g/mol. The molecular formula is C12H11NO6S3. The van der Waals surface area contributed by atoms with E-state index in [0.717, 1.165) is 11.3 Å². The Morgan fingerprint density at radius 3 is 2.55 bits per heavy atom. The van der Waals surface area contributed by atoms with Gasteiger partial charge in [-0.25, -0.2) is 18.0 Å². The van der Waals surface area contributed by atoms with Gasteiger partial charge in [-0.1, -0.05) is 0 Å². The maximum atomic E-state index is 12.3. The Hall–Kier alpha value is -1.91. The van der Waals surface area contributed by atoms with Gasteiger partial charge in [0.1, 0.15) is 9.09 Å². The van der Waals surface area contributed by atoms with Crippen LogP contribution in [0, 0.1) is 6.92 Å². The number of sulfonamides is 1. The molecule has 0 fully saturated rings. The number of ether oxygens (including phenoxy) is 1. The second-order valence-corrected chi connectivity index (χ2v) is 7.88. The number of anilines is 1.